The zero-order chi connectivity index (χ0) is 11.4. The van der Waals surface area contributed by atoms with Crippen molar-refractivity contribution in [2.24, 2.45) is 0 Å². The number of nitrogens with zero attached hydrogens (tertiary/aromatic N) is 2. The molecule has 4 heteroatoms. The number of nitrogens with one attached hydrogen (secondary N) is 1. The van der Waals surface area contributed by atoms with E-state index in [4.69, 9.17) is 0 Å². The Kier molecular flexibility index (Phi) is 3.49. The van der Waals surface area contributed by atoms with E-state index in [1.54, 1.807) is 0 Å². The van der Waals surface area contributed by atoms with Gasteiger partial charge < -0.3 is 0 Å². The Morgan fingerprint density at radius 2 is 2.25 bits per heavy atom. The molecular weight excluding hydrogens is 202 g/mol. The van der Waals surface area contributed by atoms with Gasteiger partial charge in [0.05, 0.1) is 0 Å². The van der Waals surface area contributed by atoms with Crippen molar-refractivity contribution >= 4 is 11.9 Å². The second-order valence-electron chi connectivity index (χ2n) is 4.17. The van der Waals surface area contributed by atoms with E-state index in [9.17, 15) is 4.79 Å². The first-order chi connectivity index (χ1) is 7.79. The number of rotatable bonds is 3. The highest BCUT2D eigenvalue weighted by Gasteiger charge is 2.12. The van der Waals surface area contributed by atoms with Crippen molar-refractivity contribution in [1.82, 2.24) is 9.97 Å². The molecule has 1 aliphatic rings. The smallest absolute Gasteiger partial charge is 0.229 e. The van der Waals surface area contributed by atoms with E-state index in [-0.39, 0.29) is 5.91 Å². The second-order valence-corrected chi connectivity index (χ2v) is 4.17. The van der Waals surface area contributed by atoms with Gasteiger partial charge in [-0.05, 0) is 37.7 Å². The molecule has 0 radical (unpaired) electrons. The molecule has 0 atom stereocenters. The largest absolute Gasteiger partial charge is 0.295 e. The minimum absolute atomic E-state index is 0.00161. The average molecular weight is 219 g/mol. The average Bonchev–Trinajstić information content (AvgIpc) is 2.29. The van der Waals surface area contributed by atoms with Crippen LogP contribution in [0.3, 0.4) is 0 Å². The highest BCUT2D eigenvalue weighted by molar-refractivity contribution is 5.88. The van der Waals surface area contributed by atoms with Gasteiger partial charge in [-0.3, -0.25) is 10.1 Å². The third-order valence-electron chi connectivity index (χ3n) is 2.79. The molecule has 0 aliphatic heterocycles. The summed E-state index contributed by atoms with van der Waals surface area (Å²) >= 11 is 0. The van der Waals surface area contributed by atoms with Crippen LogP contribution in [0.1, 0.15) is 43.9 Å². The molecule has 1 amide bonds. The number of aryl methyl sites for hydroxylation is 2. The number of fused-ring (bicyclic) bond motifs is 1. The van der Waals surface area contributed by atoms with Crippen LogP contribution < -0.4 is 5.32 Å². The maximum atomic E-state index is 11.4. The molecule has 0 fully saturated rings. The van der Waals surface area contributed by atoms with Crippen molar-refractivity contribution in [2.75, 3.05) is 5.32 Å². The number of amides is 1. The van der Waals surface area contributed by atoms with Crippen LogP contribution in [0.15, 0.2) is 6.20 Å². The van der Waals surface area contributed by atoms with Gasteiger partial charge in [0.15, 0.2) is 0 Å². The summed E-state index contributed by atoms with van der Waals surface area (Å²) in [7, 11) is 0. The lowest BCUT2D eigenvalue weighted by atomic mass is 9.98. The van der Waals surface area contributed by atoms with Crippen LogP contribution in [0.5, 0.6) is 0 Å². The summed E-state index contributed by atoms with van der Waals surface area (Å²) in [5.74, 6) is 0.456. The first kappa shape index (κ1) is 11.0. The van der Waals surface area contributed by atoms with Crippen molar-refractivity contribution in [3.8, 4) is 0 Å². The van der Waals surface area contributed by atoms with Crippen molar-refractivity contribution in [3.63, 3.8) is 0 Å². The van der Waals surface area contributed by atoms with Crippen LogP contribution in [0.25, 0.3) is 0 Å². The summed E-state index contributed by atoms with van der Waals surface area (Å²) in [5.41, 5.74) is 2.34. The third kappa shape index (κ3) is 2.56. The van der Waals surface area contributed by atoms with Gasteiger partial charge in [-0.1, -0.05) is 6.92 Å². The molecule has 0 aromatic carbocycles. The molecule has 1 aromatic rings. The predicted octanol–water partition coefficient (Wildman–Crippen LogP) is 2.09. The van der Waals surface area contributed by atoms with Crippen LogP contribution in [0.2, 0.25) is 0 Å². The fourth-order valence-corrected chi connectivity index (χ4v) is 1.95. The first-order valence-electron chi connectivity index (χ1n) is 5.94. The van der Waals surface area contributed by atoms with Crippen molar-refractivity contribution < 1.29 is 4.79 Å². The SMILES string of the molecule is CCCC(=O)Nc1ncc2c(n1)CCCC2. The number of aromatic nitrogens is 2. The van der Waals surface area contributed by atoms with E-state index in [0.29, 0.717) is 12.4 Å². The van der Waals surface area contributed by atoms with Gasteiger partial charge in [0.25, 0.3) is 0 Å². The highest BCUT2D eigenvalue weighted by atomic mass is 16.1. The maximum absolute atomic E-state index is 11.4. The highest BCUT2D eigenvalue weighted by Crippen LogP contribution is 2.19. The standard InChI is InChI=1S/C12H17N3O/c1-2-5-11(16)15-12-13-8-9-6-3-4-7-10(9)14-12/h8H,2-7H2,1H3,(H,13,14,15,16). The lowest BCUT2D eigenvalue weighted by molar-refractivity contribution is -0.116. The zero-order valence-electron chi connectivity index (χ0n) is 9.62. The molecule has 4 nitrogen and oxygen atoms in total. The molecule has 0 saturated heterocycles. The third-order valence-corrected chi connectivity index (χ3v) is 2.79. The Morgan fingerprint density at radius 1 is 1.44 bits per heavy atom. The molecule has 1 aromatic heterocycles. The fraction of sp³-hybridized carbons (Fsp3) is 0.583. The molecule has 2 rings (SSSR count). The number of carbonyl (C=O) groups is 1. The van der Waals surface area contributed by atoms with Crippen LogP contribution in [-0.4, -0.2) is 15.9 Å². The van der Waals surface area contributed by atoms with Crippen molar-refractivity contribution in [3.05, 3.63) is 17.5 Å². The normalized spacial score (nSPS) is 14.3. The predicted molar refractivity (Wildman–Crippen MR) is 62.2 cm³/mol. The number of carbonyl (C=O) groups excluding carboxylic acids is 1. The molecule has 1 aliphatic carbocycles. The van der Waals surface area contributed by atoms with Crippen LogP contribution in [0, 0.1) is 0 Å². The van der Waals surface area contributed by atoms with Gasteiger partial charge in [0.1, 0.15) is 0 Å². The van der Waals surface area contributed by atoms with Gasteiger partial charge in [-0.2, -0.15) is 0 Å². The number of hydrogen-bond acceptors (Lipinski definition) is 3. The topological polar surface area (TPSA) is 54.9 Å². The minimum atomic E-state index is -0.00161. The maximum Gasteiger partial charge on any atom is 0.229 e. The number of anilines is 1. The first-order valence-corrected chi connectivity index (χ1v) is 5.94. The van der Waals surface area contributed by atoms with Gasteiger partial charge in [-0.25, -0.2) is 9.97 Å². The summed E-state index contributed by atoms with van der Waals surface area (Å²) in [6.45, 7) is 1.98. The Hall–Kier alpha value is -1.45. The molecular formula is C12H17N3O. The van der Waals surface area contributed by atoms with Crippen LogP contribution in [0.4, 0.5) is 5.95 Å². The zero-order valence-corrected chi connectivity index (χ0v) is 9.62. The lowest BCUT2D eigenvalue weighted by Crippen LogP contribution is -2.15. The van der Waals surface area contributed by atoms with E-state index in [0.717, 1.165) is 25.0 Å². The van der Waals surface area contributed by atoms with Gasteiger partial charge in [0, 0.05) is 18.3 Å². The van der Waals surface area contributed by atoms with Crippen molar-refractivity contribution in [1.29, 1.82) is 0 Å². The van der Waals surface area contributed by atoms with Gasteiger partial charge in [0.2, 0.25) is 11.9 Å². The number of hydrogen-bond donors (Lipinski definition) is 1. The molecule has 0 saturated carbocycles. The summed E-state index contributed by atoms with van der Waals surface area (Å²) in [6.07, 6.45) is 7.71. The van der Waals surface area contributed by atoms with Gasteiger partial charge >= 0.3 is 0 Å². The van der Waals surface area contributed by atoms with E-state index in [2.05, 4.69) is 15.3 Å². The Labute approximate surface area is 95.5 Å². The minimum Gasteiger partial charge on any atom is -0.295 e. The molecule has 86 valence electrons. The van der Waals surface area contributed by atoms with E-state index in [1.165, 1.54) is 18.4 Å². The van der Waals surface area contributed by atoms with E-state index < -0.39 is 0 Å². The lowest BCUT2D eigenvalue weighted by Gasteiger charge is -2.14. The molecule has 0 unspecified atom stereocenters. The fourth-order valence-electron chi connectivity index (χ4n) is 1.95. The molecule has 0 bridgehead atoms. The van der Waals surface area contributed by atoms with E-state index >= 15 is 0 Å². The monoisotopic (exact) mass is 219 g/mol. The Bertz CT molecular complexity index is 390. The van der Waals surface area contributed by atoms with Crippen molar-refractivity contribution in [2.45, 2.75) is 45.4 Å². The van der Waals surface area contributed by atoms with Gasteiger partial charge in [-0.15, -0.1) is 0 Å². The summed E-state index contributed by atoms with van der Waals surface area (Å²) < 4.78 is 0. The summed E-state index contributed by atoms with van der Waals surface area (Å²) in [5, 5.41) is 2.73. The van der Waals surface area contributed by atoms with Crippen LogP contribution >= 0.6 is 0 Å². The van der Waals surface area contributed by atoms with E-state index in [1.807, 2.05) is 13.1 Å². The Morgan fingerprint density at radius 3 is 3.06 bits per heavy atom. The second kappa shape index (κ2) is 5.05. The molecule has 16 heavy (non-hydrogen) atoms. The summed E-state index contributed by atoms with van der Waals surface area (Å²) in [6, 6.07) is 0. The summed E-state index contributed by atoms with van der Waals surface area (Å²) in [4.78, 5) is 20.0. The quantitative estimate of drug-likeness (QED) is 0.847. The molecule has 0 spiro atoms. The molecule has 1 heterocycles. The molecule has 1 N–H and O–H groups in total. The Balaban J connectivity index is 2.08. The van der Waals surface area contributed by atoms with Crippen LogP contribution in [-0.2, 0) is 17.6 Å².